The lowest BCUT2D eigenvalue weighted by molar-refractivity contribution is 0.865. The Balaban J connectivity index is 1.52. The van der Waals surface area contributed by atoms with E-state index < -0.39 is 0 Å². The first kappa shape index (κ1) is 17.6. The van der Waals surface area contributed by atoms with Crippen LogP contribution >= 0.6 is 0 Å². The van der Waals surface area contributed by atoms with Gasteiger partial charge in [-0.05, 0) is 32.0 Å². The van der Waals surface area contributed by atoms with E-state index in [1.807, 2.05) is 56.6 Å². The highest BCUT2D eigenvalue weighted by Gasteiger charge is 2.15. The zero-order valence-electron chi connectivity index (χ0n) is 17.4. The fraction of sp³-hybridized carbons (Fsp3) is 0.130. The number of rotatable bonds is 3. The molecule has 0 unspecified atom stereocenters. The summed E-state index contributed by atoms with van der Waals surface area (Å²) < 4.78 is 4.09. The zero-order chi connectivity index (χ0) is 21.1. The number of fused-ring (bicyclic) bond motifs is 2. The van der Waals surface area contributed by atoms with E-state index in [0.717, 1.165) is 61.7 Å². The molecule has 0 atom stereocenters. The van der Waals surface area contributed by atoms with Crippen LogP contribution < -0.4 is 0 Å². The third kappa shape index (κ3) is 2.68. The number of aromatic amines is 2. The van der Waals surface area contributed by atoms with Crippen molar-refractivity contribution in [2.45, 2.75) is 13.8 Å². The summed E-state index contributed by atoms with van der Waals surface area (Å²) in [5.74, 6) is 0.980. The second kappa shape index (κ2) is 6.40. The van der Waals surface area contributed by atoms with Crippen LogP contribution in [-0.4, -0.2) is 39.3 Å². The van der Waals surface area contributed by atoms with E-state index in [2.05, 4.69) is 59.0 Å². The van der Waals surface area contributed by atoms with Gasteiger partial charge in [-0.25, -0.2) is 9.97 Å². The molecule has 0 aliphatic carbocycles. The van der Waals surface area contributed by atoms with Gasteiger partial charge in [-0.2, -0.15) is 5.10 Å². The van der Waals surface area contributed by atoms with E-state index in [1.54, 1.807) is 0 Å². The SMILES string of the molecule is Cc1cn(-c2cncc3[nH]c(-c4n[nH]c5ccc(-c6cnc(C)n6C)cc45)cc23)cn1. The van der Waals surface area contributed by atoms with Crippen LogP contribution in [-0.2, 0) is 7.05 Å². The molecule has 2 N–H and O–H groups in total. The molecule has 0 bridgehead atoms. The Morgan fingerprint density at radius 1 is 0.935 bits per heavy atom. The summed E-state index contributed by atoms with van der Waals surface area (Å²) in [4.78, 5) is 16.7. The zero-order valence-corrected chi connectivity index (χ0v) is 17.4. The lowest BCUT2D eigenvalue weighted by Crippen LogP contribution is -1.94. The van der Waals surface area contributed by atoms with Gasteiger partial charge in [-0.15, -0.1) is 0 Å². The van der Waals surface area contributed by atoms with Crippen molar-refractivity contribution in [2.75, 3.05) is 0 Å². The largest absolute Gasteiger partial charge is 0.352 e. The van der Waals surface area contributed by atoms with E-state index in [0.29, 0.717) is 0 Å². The molecule has 6 rings (SSSR count). The Kier molecular flexibility index (Phi) is 3.64. The van der Waals surface area contributed by atoms with E-state index in [9.17, 15) is 0 Å². The summed E-state index contributed by atoms with van der Waals surface area (Å²) in [5, 5.41) is 9.89. The highest BCUT2D eigenvalue weighted by atomic mass is 15.1. The number of nitrogens with one attached hydrogen (secondary N) is 2. The number of aryl methyl sites for hydroxylation is 2. The molecule has 5 aromatic heterocycles. The minimum absolute atomic E-state index is 0.875. The van der Waals surface area contributed by atoms with E-state index in [1.165, 1.54) is 0 Å². The molecule has 0 radical (unpaired) electrons. The Morgan fingerprint density at radius 2 is 1.84 bits per heavy atom. The quantitative estimate of drug-likeness (QED) is 0.456. The number of hydrogen-bond acceptors (Lipinski definition) is 4. The maximum absolute atomic E-state index is 4.61. The van der Waals surface area contributed by atoms with E-state index in [4.69, 9.17) is 0 Å². The molecule has 0 saturated carbocycles. The van der Waals surface area contributed by atoms with Gasteiger partial charge in [0.1, 0.15) is 11.5 Å². The third-order valence-corrected chi connectivity index (χ3v) is 5.85. The summed E-state index contributed by atoms with van der Waals surface area (Å²) in [6.45, 7) is 3.98. The van der Waals surface area contributed by atoms with Gasteiger partial charge in [0, 0.05) is 29.6 Å². The number of imidazole rings is 2. The normalized spacial score (nSPS) is 11.7. The topological polar surface area (TPSA) is 93.0 Å². The van der Waals surface area contributed by atoms with Gasteiger partial charge >= 0.3 is 0 Å². The smallest absolute Gasteiger partial charge is 0.116 e. The number of pyridine rings is 1. The first-order valence-electron chi connectivity index (χ1n) is 10.0. The van der Waals surface area contributed by atoms with Gasteiger partial charge in [0.2, 0.25) is 0 Å². The van der Waals surface area contributed by atoms with Gasteiger partial charge in [-0.1, -0.05) is 6.07 Å². The standard InChI is InChI=1S/C23H20N8/c1-13-11-31(12-26-13)22-9-24-8-20-16(22)7-19(27-20)23-17-6-15(4-5-18(17)28-29-23)21-10-25-14(2)30(21)3/h4-12,27H,1-3H3,(H,28,29). The van der Waals surface area contributed by atoms with Gasteiger partial charge in [0.15, 0.2) is 0 Å². The molecule has 0 amide bonds. The minimum atomic E-state index is 0.875. The number of H-pyrrole nitrogens is 2. The molecule has 0 aliphatic heterocycles. The fourth-order valence-corrected chi connectivity index (χ4v) is 4.07. The molecular weight excluding hydrogens is 388 g/mol. The molecule has 8 nitrogen and oxygen atoms in total. The third-order valence-electron chi connectivity index (χ3n) is 5.85. The van der Waals surface area contributed by atoms with Crippen LogP contribution in [0.4, 0.5) is 0 Å². The Hall–Kier alpha value is -4.20. The van der Waals surface area contributed by atoms with Crippen molar-refractivity contribution in [3.63, 3.8) is 0 Å². The van der Waals surface area contributed by atoms with Crippen LogP contribution in [0.15, 0.2) is 55.4 Å². The lowest BCUT2D eigenvalue weighted by Gasteiger charge is -2.04. The van der Waals surface area contributed by atoms with E-state index in [-0.39, 0.29) is 0 Å². The van der Waals surface area contributed by atoms with Crippen molar-refractivity contribution in [3.05, 3.63) is 66.9 Å². The number of hydrogen-bond donors (Lipinski definition) is 2. The van der Waals surface area contributed by atoms with Crippen LogP contribution in [0.1, 0.15) is 11.5 Å². The molecule has 1 aromatic carbocycles. The lowest BCUT2D eigenvalue weighted by atomic mass is 10.1. The van der Waals surface area contributed by atoms with Crippen LogP contribution in [0.25, 0.3) is 50.1 Å². The van der Waals surface area contributed by atoms with Gasteiger partial charge in [-0.3, -0.25) is 10.1 Å². The van der Waals surface area contributed by atoms with Gasteiger partial charge in [0.25, 0.3) is 0 Å². The van der Waals surface area contributed by atoms with Gasteiger partial charge < -0.3 is 14.1 Å². The van der Waals surface area contributed by atoms with Crippen molar-refractivity contribution in [1.82, 2.24) is 39.3 Å². The monoisotopic (exact) mass is 408 g/mol. The summed E-state index contributed by atoms with van der Waals surface area (Å²) in [7, 11) is 2.03. The van der Waals surface area contributed by atoms with Crippen LogP contribution in [0.5, 0.6) is 0 Å². The first-order chi connectivity index (χ1) is 15.1. The Morgan fingerprint density at radius 3 is 2.61 bits per heavy atom. The molecule has 0 aliphatic rings. The second-order valence-corrected chi connectivity index (χ2v) is 7.81. The van der Waals surface area contributed by atoms with Crippen LogP contribution in [0.3, 0.4) is 0 Å². The van der Waals surface area contributed by atoms with E-state index >= 15 is 0 Å². The van der Waals surface area contributed by atoms with Crippen molar-refractivity contribution in [3.8, 4) is 28.3 Å². The molecule has 0 spiro atoms. The van der Waals surface area contributed by atoms with Crippen molar-refractivity contribution >= 4 is 21.8 Å². The summed E-state index contributed by atoms with van der Waals surface area (Å²) in [5.41, 5.74) is 7.87. The highest BCUT2D eigenvalue weighted by molar-refractivity contribution is 5.99. The predicted octanol–water partition coefficient (Wildman–Crippen LogP) is 4.31. The second-order valence-electron chi connectivity index (χ2n) is 7.81. The summed E-state index contributed by atoms with van der Waals surface area (Å²) in [6, 6.07) is 8.44. The van der Waals surface area contributed by atoms with Crippen molar-refractivity contribution in [2.24, 2.45) is 7.05 Å². The van der Waals surface area contributed by atoms with Crippen LogP contribution in [0, 0.1) is 13.8 Å². The molecule has 6 aromatic rings. The molecule has 5 heterocycles. The summed E-state index contributed by atoms with van der Waals surface area (Å²) in [6.07, 6.45) is 9.40. The van der Waals surface area contributed by atoms with Crippen molar-refractivity contribution in [1.29, 1.82) is 0 Å². The van der Waals surface area contributed by atoms with Crippen molar-refractivity contribution < 1.29 is 0 Å². The number of aromatic nitrogens is 8. The summed E-state index contributed by atoms with van der Waals surface area (Å²) >= 11 is 0. The molecular formula is C23H20N8. The van der Waals surface area contributed by atoms with Crippen LogP contribution in [0.2, 0.25) is 0 Å². The number of nitrogens with zero attached hydrogens (tertiary/aromatic N) is 6. The Bertz CT molecular complexity index is 1580. The maximum atomic E-state index is 4.61. The Labute approximate surface area is 177 Å². The molecule has 152 valence electrons. The first-order valence-corrected chi connectivity index (χ1v) is 10.0. The number of benzene rings is 1. The molecule has 0 fully saturated rings. The highest BCUT2D eigenvalue weighted by Crippen LogP contribution is 2.33. The molecule has 0 saturated heterocycles. The maximum Gasteiger partial charge on any atom is 0.116 e. The average molecular weight is 408 g/mol. The average Bonchev–Trinajstić information content (AvgIpc) is 3.54. The molecule has 31 heavy (non-hydrogen) atoms. The fourth-order valence-electron chi connectivity index (χ4n) is 4.07. The minimum Gasteiger partial charge on any atom is -0.352 e. The predicted molar refractivity (Wildman–Crippen MR) is 120 cm³/mol. The molecule has 8 heteroatoms. The van der Waals surface area contributed by atoms with Gasteiger partial charge in [0.05, 0.1) is 58.7 Å².